The van der Waals surface area contributed by atoms with Gasteiger partial charge >= 0.3 is 5.97 Å². The van der Waals surface area contributed by atoms with E-state index in [0.717, 1.165) is 33.4 Å². The van der Waals surface area contributed by atoms with Crippen LogP contribution in [0.3, 0.4) is 0 Å². The van der Waals surface area contributed by atoms with Crippen molar-refractivity contribution in [1.29, 1.82) is 0 Å². The summed E-state index contributed by atoms with van der Waals surface area (Å²) in [6.07, 6.45) is 5.51. The monoisotopic (exact) mass is 422 g/mol. The molecule has 156 valence electrons. The SMILES string of the molecule is Cc1sc2c(c1C)C(c1ccncc1)=NC(CC(=O)OC(C)(C)C)c1ncc(C)n1-2. The molecule has 1 unspecified atom stereocenters. The summed E-state index contributed by atoms with van der Waals surface area (Å²) in [6.45, 7) is 11.9. The lowest BCUT2D eigenvalue weighted by Crippen LogP contribution is -2.25. The van der Waals surface area contributed by atoms with E-state index in [1.54, 1.807) is 23.7 Å². The Kier molecular flexibility index (Phi) is 5.10. The van der Waals surface area contributed by atoms with Gasteiger partial charge in [0.1, 0.15) is 22.5 Å². The van der Waals surface area contributed by atoms with E-state index in [4.69, 9.17) is 9.73 Å². The molecule has 0 fully saturated rings. The first kappa shape index (κ1) is 20.5. The van der Waals surface area contributed by atoms with Gasteiger partial charge in [0, 0.05) is 40.3 Å². The highest BCUT2D eigenvalue weighted by atomic mass is 32.1. The van der Waals surface area contributed by atoms with Crippen LogP contribution in [0.15, 0.2) is 35.7 Å². The van der Waals surface area contributed by atoms with E-state index in [-0.39, 0.29) is 12.4 Å². The lowest BCUT2D eigenvalue weighted by molar-refractivity contribution is -0.155. The minimum atomic E-state index is -0.545. The Morgan fingerprint density at radius 1 is 1.20 bits per heavy atom. The van der Waals surface area contributed by atoms with E-state index in [1.807, 2.05) is 46.0 Å². The van der Waals surface area contributed by atoms with Gasteiger partial charge in [-0.2, -0.15) is 0 Å². The van der Waals surface area contributed by atoms with Gasteiger partial charge in [0.15, 0.2) is 0 Å². The van der Waals surface area contributed by atoms with Crippen molar-refractivity contribution in [2.75, 3.05) is 0 Å². The second-order valence-corrected chi connectivity index (χ2v) is 9.78. The molecule has 4 heterocycles. The fraction of sp³-hybridized carbons (Fsp3) is 0.391. The molecule has 3 aromatic heterocycles. The smallest absolute Gasteiger partial charge is 0.308 e. The topological polar surface area (TPSA) is 69.4 Å². The van der Waals surface area contributed by atoms with Gasteiger partial charge in [-0.15, -0.1) is 11.3 Å². The second kappa shape index (κ2) is 7.47. The summed E-state index contributed by atoms with van der Waals surface area (Å²) >= 11 is 1.73. The van der Waals surface area contributed by atoms with E-state index >= 15 is 0 Å². The summed E-state index contributed by atoms with van der Waals surface area (Å²) < 4.78 is 7.74. The van der Waals surface area contributed by atoms with Crippen molar-refractivity contribution in [2.24, 2.45) is 4.99 Å². The number of carbonyl (C=O) groups excluding carboxylic acids is 1. The second-order valence-electron chi connectivity index (χ2n) is 8.58. The predicted octanol–water partition coefficient (Wildman–Crippen LogP) is 4.88. The zero-order chi connectivity index (χ0) is 21.6. The Morgan fingerprint density at radius 3 is 2.57 bits per heavy atom. The van der Waals surface area contributed by atoms with Gasteiger partial charge in [-0.1, -0.05) is 0 Å². The van der Waals surface area contributed by atoms with Gasteiger partial charge in [0.05, 0.1) is 12.1 Å². The number of pyridine rings is 1. The average Bonchev–Trinajstić information content (AvgIpc) is 3.13. The number of rotatable bonds is 3. The molecule has 7 heteroatoms. The third kappa shape index (κ3) is 3.69. The molecule has 0 aliphatic carbocycles. The Balaban J connectivity index is 1.91. The van der Waals surface area contributed by atoms with E-state index in [9.17, 15) is 4.79 Å². The van der Waals surface area contributed by atoms with Crippen molar-refractivity contribution in [3.63, 3.8) is 0 Å². The molecule has 3 aromatic rings. The molecule has 0 radical (unpaired) electrons. The highest BCUT2D eigenvalue weighted by Crippen LogP contribution is 2.40. The molecule has 4 rings (SSSR count). The third-order valence-electron chi connectivity index (χ3n) is 5.09. The maximum atomic E-state index is 12.7. The quantitative estimate of drug-likeness (QED) is 0.564. The first-order valence-electron chi connectivity index (χ1n) is 10.0. The lowest BCUT2D eigenvalue weighted by atomic mass is 10.0. The molecule has 0 N–H and O–H groups in total. The molecular weight excluding hydrogens is 396 g/mol. The summed E-state index contributed by atoms with van der Waals surface area (Å²) in [5.41, 5.74) is 4.61. The van der Waals surface area contributed by atoms with Crippen LogP contribution in [0.2, 0.25) is 0 Å². The molecule has 30 heavy (non-hydrogen) atoms. The van der Waals surface area contributed by atoms with E-state index < -0.39 is 11.6 Å². The number of thiophene rings is 1. The minimum absolute atomic E-state index is 0.134. The summed E-state index contributed by atoms with van der Waals surface area (Å²) in [5.74, 6) is 0.487. The summed E-state index contributed by atoms with van der Waals surface area (Å²) in [5, 5.41) is 1.09. The number of hydrogen-bond donors (Lipinski definition) is 0. The highest BCUT2D eigenvalue weighted by molar-refractivity contribution is 7.15. The summed E-state index contributed by atoms with van der Waals surface area (Å²) in [4.78, 5) is 27.8. The fourth-order valence-electron chi connectivity index (χ4n) is 3.69. The summed E-state index contributed by atoms with van der Waals surface area (Å²) in [7, 11) is 0. The number of aryl methyl sites for hydroxylation is 2. The number of imidazole rings is 1. The van der Waals surface area contributed by atoms with Crippen LogP contribution < -0.4 is 0 Å². The van der Waals surface area contributed by atoms with Crippen molar-refractivity contribution in [3.05, 3.63) is 63.8 Å². The van der Waals surface area contributed by atoms with Crippen LogP contribution in [0.1, 0.15) is 66.3 Å². The van der Waals surface area contributed by atoms with E-state index in [0.29, 0.717) is 0 Å². The Hall–Kier alpha value is -2.80. The van der Waals surface area contributed by atoms with Crippen LogP contribution in [0.5, 0.6) is 0 Å². The molecule has 1 atom stereocenters. The van der Waals surface area contributed by atoms with Crippen LogP contribution in [-0.4, -0.2) is 31.8 Å². The van der Waals surface area contributed by atoms with Gasteiger partial charge in [-0.25, -0.2) is 4.98 Å². The molecule has 0 saturated carbocycles. The molecular formula is C23H26N4O2S. The number of hydrogen-bond acceptors (Lipinski definition) is 6. The Labute approximate surface area is 180 Å². The minimum Gasteiger partial charge on any atom is -0.460 e. The number of aromatic nitrogens is 3. The van der Waals surface area contributed by atoms with E-state index in [2.05, 4.69) is 28.4 Å². The molecule has 1 aliphatic rings. The molecule has 0 spiro atoms. The van der Waals surface area contributed by atoms with Gasteiger partial charge < -0.3 is 4.74 Å². The average molecular weight is 423 g/mol. The largest absolute Gasteiger partial charge is 0.460 e. The highest BCUT2D eigenvalue weighted by Gasteiger charge is 2.32. The molecule has 0 amide bonds. The first-order valence-corrected chi connectivity index (χ1v) is 10.8. The van der Waals surface area contributed by atoms with Crippen molar-refractivity contribution >= 4 is 23.0 Å². The number of aliphatic imine (C=N–C) groups is 1. The van der Waals surface area contributed by atoms with Crippen LogP contribution in [-0.2, 0) is 9.53 Å². The van der Waals surface area contributed by atoms with Crippen LogP contribution >= 0.6 is 11.3 Å². The zero-order valence-electron chi connectivity index (χ0n) is 18.2. The van der Waals surface area contributed by atoms with Gasteiger partial charge in [0.2, 0.25) is 0 Å². The van der Waals surface area contributed by atoms with Crippen molar-refractivity contribution in [2.45, 2.75) is 59.6 Å². The van der Waals surface area contributed by atoms with Gasteiger partial charge in [0.25, 0.3) is 0 Å². The van der Waals surface area contributed by atoms with Crippen molar-refractivity contribution in [3.8, 4) is 5.00 Å². The normalized spacial score (nSPS) is 15.8. The van der Waals surface area contributed by atoms with Gasteiger partial charge in [-0.3, -0.25) is 19.3 Å². The molecule has 0 saturated heterocycles. The fourth-order valence-corrected chi connectivity index (χ4v) is 4.91. The summed E-state index contributed by atoms with van der Waals surface area (Å²) in [6, 6.07) is 3.48. The van der Waals surface area contributed by atoms with Gasteiger partial charge in [-0.05, 0) is 59.2 Å². The molecule has 0 aromatic carbocycles. The number of ether oxygens (including phenoxy) is 1. The lowest BCUT2D eigenvalue weighted by Gasteiger charge is -2.21. The Bertz CT molecular complexity index is 1140. The third-order valence-corrected chi connectivity index (χ3v) is 6.28. The molecule has 6 nitrogen and oxygen atoms in total. The Morgan fingerprint density at radius 2 is 1.90 bits per heavy atom. The number of fused-ring (bicyclic) bond motifs is 3. The van der Waals surface area contributed by atoms with E-state index in [1.165, 1.54) is 10.4 Å². The zero-order valence-corrected chi connectivity index (χ0v) is 19.0. The number of nitrogens with zero attached hydrogens (tertiary/aromatic N) is 4. The van der Waals surface area contributed by atoms with Crippen LogP contribution in [0, 0.1) is 20.8 Å². The number of carbonyl (C=O) groups is 1. The first-order chi connectivity index (χ1) is 14.2. The van der Waals surface area contributed by atoms with Crippen LogP contribution in [0.4, 0.5) is 0 Å². The van der Waals surface area contributed by atoms with Crippen molar-refractivity contribution in [1.82, 2.24) is 14.5 Å². The molecule has 0 bridgehead atoms. The maximum absolute atomic E-state index is 12.7. The standard InChI is InChI=1S/C23H26N4O2S/c1-13-12-25-21-17(11-18(28)29-23(4,5)6)26-20(16-7-9-24-10-8-16)19-14(2)15(3)30-22(19)27(13)21/h7-10,12,17H,11H2,1-6H3. The van der Waals surface area contributed by atoms with Crippen molar-refractivity contribution < 1.29 is 9.53 Å². The van der Waals surface area contributed by atoms with Crippen LogP contribution in [0.25, 0.3) is 5.00 Å². The predicted molar refractivity (Wildman–Crippen MR) is 119 cm³/mol. The molecule has 1 aliphatic heterocycles. The number of esters is 1. The maximum Gasteiger partial charge on any atom is 0.308 e.